The summed E-state index contributed by atoms with van der Waals surface area (Å²) >= 11 is 0. The normalized spacial score (nSPS) is 12.9. The first-order valence-corrected chi connectivity index (χ1v) is 3.49. The SMILES string of the molecule is CC(ON)c1cccc(F)c1O. The molecule has 3 N–H and O–H groups in total. The molecule has 0 fully saturated rings. The van der Waals surface area contributed by atoms with Gasteiger partial charge in [-0.1, -0.05) is 12.1 Å². The van der Waals surface area contributed by atoms with E-state index in [-0.39, 0.29) is 0 Å². The second-order valence-electron chi connectivity index (χ2n) is 2.46. The molecule has 1 rings (SSSR count). The maximum Gasteiger partial charge on any atom is 0.165 e. The highest BCUT2D eigenvalue weighted by atomic mass is 19.1. The Bertz CT molecular complexity index is 278. The maximum absolute atomic E-state index is 12.7. The van der Waals surface area contributed by atoms with Crippen molar-refractivity contribution in [2.75, 3.05) is 0 Å². The minimum atomic E-state index is -0.670. The van der Waals surface area contributed by atoms with Gasteiger partial charge < -0.3 is 5.11 Å². The van der Waals surface area contributed by atoms with E-state index in [4.69, 9.17) is 5.90 Å². The van der Waals surface area contributed by atoms with Crippen LogP contribution in [-0.2, 0) is 4.84 Å². The number of hydrogen-bond donors (Lipinski definition) is 2. The van der Waals surface area contributed by atoms with Crippen molar-refractivity contribution in [1.29, 1.82) is 0 Å². The monoisotopic (exact) mass is 171 g/mol. The summed E-state index contributed by atoms with van der Waals surface area (Å²) in [5.74, 6) is 3.81. The van der Waals surface area contributed by atoms with E-state index in [0.717, 1.165) is 0 Å². The largest absolute Gasteiger partial charge is 0.505 e. The summed E-state index contributed by atoms with van der Waals surface area (Å²) in [5.41, 5.74) is 0.345. The van der Waals surface area contributed by atoms with Crippen molar-refractivity contribution < 1.29 is 14.3 Å². The summed E-state index contributed by atoms with van der Waals surface area (Å²) < 4.78 is 12.7. The molecule has 1 aromatic carbocycles. The van der Waals surface area contributed by atoms with Crippen LogP contribution >= 0.6 is 0 Å². The summed E-state index contributed by atoms with van der Waals surface area (Å²) in [4.78, 5) is 4.45. The number of phenols is 1. The topological polar surface area (TPSA) is 55.5 Å². The molecule has 66 valence electrons. The molecule has 12 heavy (non-hydrogen) atoms. The van der Waals surface area contributed by atoms with Gasteiger partial charge in [0.15, 0.2) is 11.6 Å². The summed E-state index contributed by atoms with van der Waals surface area (Å²) in [6, 6.07) is 4.21. The third-order valence-corrected chi connectivity index (χ3v) is 1.66. The van der Waals surface area contributed by atoms with Gasteiger partial charge in [0.2, 0.25) is 0 Å². The molecule has 0 radical (unpaired) electrons. The number of hydrogen-bond acceptors (Lipinski definition) is 3. The van der Waals surface area contributed by atoms with Crippen LogP contribution in [0.1, 0.15) is 18.6 Å². The summed E-state index contributed by atoms with van der Waals surface area (Å²) in [6.45, 7) is 1.62. The molecule has 0 spiro atoms. The highest BCUT2D eigenvalue weighted by Gasteiger charge is 2.12. The van der Waals surface area contributed by atoms with E-state index < -0.39 is 17.7 Å². The Morgan fingerprint density at radius 2 is 2.25 bits per heavy atom. The zero-order chi connectivity index (χ0) is 9.14. The van der Waals surface area contributed by atoms with E-state index in [9.17, 15) is 9.50 Å². The summed E-state index contributed by atoms with van der Waals surface area (Å²) in [5, 5.41) is 9.19. The molecule has 0 aliphatic carbocycles. The Morgan fingerprint density at radius 1 is 1.58 bits per heavy atom. The fraction of sp³-hybridized carbons (Fsp3) is 0.250. The second kappa shape index (κ2) is 3.51. The third-order valence-electron chi connectivity index (χ3n) is 1.66. The quantitative estimate of drug-likeness (QED) is 0.662. The van der Waals surface area contributed by atoms with Crippen molar-refractivity contribution in [3.05, 3.63) is 29.6 Å². The van der Waals surface area contributed by atoms with Gasteiger partial charge in [-0.3, -0.25) is 4.84 Å². The molecule has 1 aromatic rings. The van der Waals surface area contributed by atoms with Crippen LogP contribution in [0.5, 0.6) is 5.75 Å². The van der Waals surface area contributed by atoms with Crippen molar-refractivity contribution in [2.45, 2.75) is 13.0 Å². The highest BCUT2D eigenvalue weighted by molar-refractivity contribution is 5.34. The van der Waals surface area contributed by atoms with Gasteiger partial charge in [0, 0.05) is 5.56 Å². The number of rotatable bonds is 2. The highest BCUT2D eigenvalue weighted by Crippen LogP contribution is 2.27. The fourth-order valence-electron chi connectivity index (χ4n) is 0.933. The van der Waals surface area contributed by atoms with E-state index in [2.05, 4.69) is 4.84 Å². The van der Waals surface area contributed by atoms with Crippen LogP contribution in [-0.4, -0.2) is 5.11 Å². The lowest BCUT2D eigenvalue weighted by molar-refractivity contribution is 0.0643. The van der Waals surface area contributed by atoms with E-state index in [1.165, 1.54) is 12.1 Å². The van der Waals surface area contributed by atoms with Crippen LogP contribution in [0.4, 0.5) is 4.39 Å². The van der Waals surface area contributed by atoms with Gasteiger partial charge in [-0.05, 0) is 13.0 Å². The molecule has 0 aliphatic rings. The molecule has 0 aliphatic heterocycles. The van der Waals surface area contributed by atoms with Gasteiger partial charge in [-0.2, -0.15) is 0 Å². The predicted molar refractivity (Wildman–Crippen MR) is 41.8 cm³/mol. The number of halogens is 1. The number of phenolic OH excluding ortho intramolecular Hbond substituents is 1. The van der Waals surface area contributed by atoms with E-state index in [1.807, 2.05) is 0 Å². The summed E-state index contributed by atoms with van der Waals surface area (Å²) in [7, 11) is 0. The smallest absolute Gasteiger partial charge is 0.165 e. The molecule has 1 atom stereocenters. The molecule has 4 heteroatoms. The van der Waals surface area contributed by atoms with Crippen LogP contribution in [0.2, 0.25) is 0 Å². The van der Waals surface area contributed by atoms with Crippen LogP contribution in [0.3, 0.4) is 0 Å². The van der Waals surface area contributed by atoms with Crippen molar-refractivity contribution in [3.63, 3.8) is 0 Å². The number of benzene rings is 1. The van der Waals surface area contributed by atoms with E-state index in [0.29, 0.717) is 5.56 Å². The predicted octanol–water partition coefficient (Wildman–Crippen LogP) is 1.48. The van der Waals surface area contributed by atoms with Gasteiger partial charge in [-0.25, -0.2) is 10.3 Å². The molecule has 1 unspecified atom stereocenters. The minimum Gasteiger partial charge on any atom is -0.505 e. The van der Waals surface area contributed by atoms with Crippen molar-refractivity contribution in [3.8, 4) is 5.75 Å². The Morgan fingerprint density at radius 3 is 2.83 bits per heavy atom. The Kier molecular flexibility index (Phi) is 2.62. The van der Waals surface area contributed by atoms with E-state index >= 15 is 0 Å². The van der Waals surface area contributed by atoms with Gasteiger partial charge >= 0.3 is 0 Å². The molecule has 0 amide bonds. The molecule has 0 aromatic heterocycles. The maximum atomic E-state index is 12.7. The number of para-hydroxylation sites is 1. The van der Waals surface area contributed by atoms with E-state index in [1.54, 1.807) is 13.0 Å². The van der Waals surface area contributed by atoms with Crippen molar-refractivity contribution in [1.82, 2.24) is 0 Å². The number of nitrogens with two attached hydrogens (primary N) is 1. The molecule has 0 bridgehead atoms. The zero-order valence-electron chi connectivity index (χ0n) is 6.62. The summed E-state index contributed by atoms with van der Waals surface area (Å²) in [6.07, 6.45) is -0.513. The Hall–Kier alpha value is -1.13. The van der Waals surface area contributed by atoms with Gasteiger partial charge in [0.05, 0.1) is 0 Å². The molecular formula is C8H10FNO2. The van der Waals surface area contributed by atoms with Crippen LogP contribution in [0, 0.1) is 5.82 Å². The lowest BCUT2D eigenvalue weighted by atomic mass is 10.1. The fourth-order valence-corrected chi connectivity index (χ4v) is 0.933. The molecular weight excluding hydrogens is 161 g/mol. The first kappa shape index (κ1) is 8.96. The Balaban J connectivity index is 3.07. The molecule has 0 saturated carbocycles. The molecule has 3 nitrogen and oxygen atoms in total. The Labute approximate surface area is 69.5 Å². The van der Waals surface area contributed by atoms with Crippen LogP contribution < -0.4 is 5.90 Å². The zero-order valence-corrected chi connectivity index (χ0v) is 6.62. The lowest BCUT2D eigenvalue weighted by Crippen LogP contribution is -2.05. The van der Waals surface area contributed by atoms with Gasteiger partial charge in [0.1, 0.15) is 6.10 Å². The average molecular weight is 171 g/mol. The third kappa shape index (κ3) is 1.54. The molecule has 0 saturated heterocycles. The second-order valence-corrected chi connectivity index (χ2v) is 2.46. The average Bonchev–Trinajstić information content (AvgIpc) is 2.08. The van der Waals surface area contributed by atoms with Crippen molar-refractivity contribution >= 4 is 0 Å². The van der Waals surface area contributed by atoms with Crippen LogP contribution in [0.15, 0.2) is 18.2 Å². The minimum absolute atomic E-state index is 0.345. The number of aromatic hydroxyl groups is 1. The first-order chi connectivity index (χ1) is 5.66. The lowest BCUT2D eigenvalue weighted by Gasteiger charge is -2.10. The van der Waals surface area contributed by atoms with Gasteiger partial charge in [0.25, 0.3) is 0 Å². The standard InChI is InChI=1S/C8H10FNO2/c1-5(12-10)6-3-2-4-7(9)8(6)11/h2-5,11H,10H2,1H3. The first-order valence-electron chi connectivity index (χ1n) is 3.49. The van der Waals surface area contributed by atoms with Crippen LogP contribution in [0.25, 0.3) is 0 Å². The van der Waals surface area contributed by atoms with Gasteiger partial charge in [-0.15, -0.1) is 0 Å². The molecule has 0 heterocycles. The van der Waals surface area contributed by atoms with Crippen molar-refractivity contribution in [2.24, 2.45) is 5.90 Å².